The first-order chi connectivity index (χ1) is 5.12. The van der Waals surface area contributed by atoms with Crippen molar-refractivity contribution < 1.29 is 9.90 Å². The van der Waals surface area contributed by atoms with E-state index in [4.69, 9.17) is 0 Å². The zero-order valence-corrected chi connectivity index (χ0v) is 6.37. The summed E-state index contributed by atoms with van der Waals surface area (Å²) in [5.74, 6) is -0.282. The molecule has 0 fully saturated rings. The molecule has 1 N–H and O–H groups in total. The lowest BCUT2D eigenvalue weighted by molar-refractivity contribution is -0.128. The van der Waals surface area contributed by atoms with E-state index in [2.05, 4.69) is 11.9 Å². The van der Waals surface area contributed by atoms with Crippen LogP contribution in [-0.4, -0.2) is 23.7 Å². The fraction of sp³-hybridized carbons (Fsp3) is 0.375. The molecule has 1 atom stereocenters. The van der Waals surface area contributed by atoms with Crippen molar-refractivity contribution in [3.05, 3.63) is 29.6 Å². The van der Waals surface area contributed by atoms with Crippen molar-refractivity contribution in [3.8, 4) is 0 Å². The zero-order valence-electron chi connectivity index (χ0n) is 6.37. The van der Waals surface area contributed by atoms with Gasteiger partial charge in [0, 0.05) is 6.42 Å². The van der Waals surface area contributed by atoms with E-state index < -0.39 is 5.72 Å². The number of aliphatic hydroxyl groups is 1. The third kappa shape index (κ3) is 1.25. The van der Waals surface area contributed by atoms with Gasteiger partial charge in [-0.1, -0.05) is 18.7 Å². The van der Waals surface area contributed by atoms with E-state index in [1.54, 1.807) is 6.08 Å². The molecular weight excluding hydrogens is 142 g/mol. The number of allylic oxidation sites excluding steroid dienone is 2. The van der Waals surface area contributed by atoms with Gasteiger partial charge in [-0.05, 0) is 5.57 Å². The molecule has 0 radical (unpaired) electrons. The number of nitrogens with zero attached hydrogens (tertiary/aromatic N) is 1. The van der Waals surface area contributed by atoms with Crippen LogP contribution in [0.2, 0.25) is 0 Å². The van der Waals surface area contributed by atoms with Gasteiger partial charge in [-0.15, -0.1) is 0 Å². The monoisotopic (exact) mass is 152 g/mol. The van der Waals surface area contributed by atoms with Crippen molar-refractivity contribution in [2.24, 2.45) is 0 Å². The smallest absolute Gasteiger partial charge is 0.151 e. The molecule has 1 unspecified atom stereocenters. The minimum atomic E-state index is -1.58. The number of carbonyl (C=O) groups is 1. The van der Waals surface area contributed by atoms with Gasteiger partial charge in [0.05, 0.1) is 5.72 Å². The van der Waals surface area contributed by atoms with Gasteiger partial charge in [0.15, 0.2) is 5.78 Å². The molecule has 0 saturated heterocycles. The van der Waals surface area contributed by atoms with Crippen LogP contribution in [0, 0.1) is 0 Å². The molecule has 0 aliphatic heterocycles. The first kappa shape index (κ1) is 8.17. The van der Waals surface area contributed by atoms with Crippen molar-refractivity contribution in [3.63, 3.8) is 0 Å². The van der Waals surface area contributed by atoms with Gasteiger partial charge in [-0.2, -0.15) is 7.05 Å². The molecule has 0 amide bonds. The fourth-order valence-electron chi connectivity index (χ4n) is 1.03. The van der Waals surface area contributed by atoms with E-state index in [9.17, 15) is 9.90 Å². The molecule has 0 spiro atoms. The van der Waals surface area contributed by atoms with Crippen LogP contribution in [0.5, 0.6) is 0 Å². The van der Waals surface area contributed by atoms with Gasteiger partial charge in [-0.25, -0.2) is 0 Å². The Morgan fingerprint density at radius 1 is 1.91 bits per heavy atom. The summed E-state index contributed by atoms with van der Waals surface area (Å²) in [6.45, 7) is 3.50. The minimum Gasteiger partial charge on any atom is -0.627 e. The van der Waals surface area contributed by atoms with Gasteiger partial charge in [-0.3, -0.25) is 4.79 Å². The molecule has 0 aromatic heterocycles. The zero-order chi connectivity index (χ0) is 8.48. The van der Waals surface area contributed by atoms with E-state index in [-0.39, 0.29) is 12.2 Å². The number of hydrogen-bond acceptors (Lipinski definition) is 2. The number of hydrogen-bond donors (Lipinski definition) is 1. The van der Waals surface area contributed by atoms with Crippen LogP contribution in [0.4, 0.5) is 0 Å². The lowest BCUT2D eigenvalue weighted by Crippen LogP contribution is -2.30. The molecule has 0 heterocycles. The Morgan fingerprint density at radius 3 is 2.82 bits per heavy atom. The average Bonchev–Trinajstić information content (AvgIpc) is 2.29. The Hall–Kier alpha value is -0.930. The van der Waals surface area contributed by atoms with Crippen molar-refractivity contribution in [2.75, 3.05) is 7.05 Å². The van der Waals surface area contributed by atoms with Crippen molar-refractivity contribution in [1.29, 1.82) is 0 Å². The summed E-state index contributed by atoms with van der Waals surface area (Å²) in [4.78, 5) is 11.1. The maximum Gasteiger partial charge on any atom is 0.151 e. The van der Waals surface area contributed by atoms with Crippen molar-refractivity contribution >= 4 is 5.78 Å². The standard InChI is InChI=1S/C8H10NO2/c1-3-6-4-7(10)8(11,5-6)9-2/h3,5,11H,1,4H2,2H3/q-1. The highest BCUT2D eigenvalue weighted by atomic mass is 16.3. The number of ketones is 1. The molecule has 0 aromatic carbocycles. The van der Waals surface area contributed by atoms with E-state index in [0.29, 0.717) is 0 Å². The predicted octanol–water partition coefficient (Wildman–Crippen LogP) is 0.764. The van der Waals surface area contributed by atoms with E-state index in [1.807, 2.05) is 0 Å². The molecule has 0 saturated carbocycles. The summed E-state index contributed by atoms with van der Waals surface area (Å²) in [6, 6.07) is 0. The molecule has 11 heavy (non-hydrogen) atoms. The second-order valence-corrected chi connectivity index (χ2v) is 2.47. The second kappa shape index (κ2) is 2.60. The number of Topliss-reactive ketones (excluding diaryl/α,β-unsaturated/α-hetero) is 1. The Morgan fingerprint density at radius 2 is 2.55 bits per heavy atom. The first-order valence-electron chi connectivity index (χ1n) is 3.33. The van der Waals surface area contributed by atoms with Crippen LogP contribution < -0.4 is 0 Å². The van der Waals surface area contributed by atoms with Crippen LogP contribution in [0.3, 0.4) is 0 Å². The summed E-state index contributed by atoms with van der Waals surface area (Å²) < 4.78 is 0. The molecule has 0 aromatic rings. The van der Waals surface area contributed by atoms with E-state index >= 15 is 0 Å². The summed E-state index contributed by atoms with van der Waals surface area (Å²) in [5.41, 5.74) is -0.841. The summed E-state index contributed by atoms with van der Waals surface area (Å²) in [7, 11) is 1.42. The van der Waals surface area contributed by atoms with Gasteiger partial charge < -0.3 is 10.4 Å². The highest BCUT2D eigenvalue weighted by Crippen LogP contribution is 2.28. The molecule has 3 nitrogen and oxygen atoms in total. The molecular formula is C8H10NO2-. The highest BCUT2D eigenvalue weighted by molar-refractivity contribution is 5.96. The third-order valence-electron chi connectivity index (χ3n) is 1.76. The third-order valence-corrected chi connectivity index (χ3v) is 1.76. The van der Waals surface area contributed by atoms with Crippen LogP contribution in [-0.2, 0) is 4.79 Å². The molecule has 3 heteroatoms. The maximum atomic E-state index is 11.1. The van der Waals surface area contributed by atoms with Crippen LogP contribution in [0.1, 0.15) is 6.42 Å². The Balaban J connectivity index is 2.91. The lowest BCUT2D eigenvalue weighted by Gasteiger charge is -2.30. The second-order valence-electron chi connectivity index (χ2n) is 2.47. The van der Waals surface area contributed by atoms with Gasteiger partial charge in [0.25, 0.3) is 0 Å². The first-order valence-corrected chi connectivity index (χ1v) is 3.33. The predicted molar refractivity (Wildman–Crippen MR) is 42.1 cm³/mol. The summed E-state index contributed by atoms with van der Waals surface area (Å²) >= 11 is 0. The molecule has 60 valence electrons. The Labute approximate surface area is 65.4 Å². The molecule has 0 bridgehead atoms. The fourth-order valence-corrected chi connectivity index (χ4v) is 1.03. The van der Waals surface area contributed by atoms with E-state index in [1.165, 1.54) is 13.1 Å². The van der Waals surface area contributed by atoms with Crippen molar-refractivity contribution in [2.45, 2.75) is 12.1 Å². The lowest BCUT2D eigenvalue weighted by atomic mass is 10.2. The Kier molecular flexibility index (Phi) is 1.93. The van der Waals surface area contributed by atoms with Crippen molar-refractivity contribution in [1.82, 2.24) is 0 Å². The largest absolute Gasteiger partial charge is 0.627 e. The van der Waals surface area contributed by atoms with Gasteiger partial charge >= 0.3 is 0 Å². The number of rotatable bonds is 2. The SMILES string of the molecule is C=CC1=CC(O)([N-]C)C(=O)C1. The minimum absolute atomic E-state index is 0.233. The van der Waals surface area contributed by atoms with Gasteiger partial charge in [0.2, 0.25) is 0 Å². The normalized spacial score (nSPS) is 30.4. The molecule has 1 aliphatic carbocycles. The van der Waals surface area contributed by atoms with E-state index in [0.717, 1.165) is 5.57 Å². The molecule has 1 aliphatic rings. The topological polar surface area (TPSA) is 51.4 Å². The number of carbonyl (C=O) groups excluding carboxylic acids is 1. The Bertz CT molecular complexity index is 232. The maximum absolute atomic E-state index is 11.1. The van der Waals surface area contributed by atoms with Crippen LogP contribution in [0.15, 0.2) is 24.3 Å². The van der Waals surface area contributed by atoms with Crippen LogP contribution >= 0.6 is 0 Å². The molecule has 1 rings (SSSR count). The van der Waals surface area contributed by atoms with Gasteiger partial charge in [0.1, 0.15) is 0 Å². The highest BCUT2D eigenvalue weighted by Gasteiger charge is 2.28. The summed E-state index contributed by atoms with van der Waals surface area (Å²) in [5, 5.41) is 13.0. The quantitative estimate of drug-likeness (QED) is 0.635. The average molecular weight is 152 g/mol. The number of likely N-dealkylation sites (N-methyl/N-ethyl adjacent to an activating group) is 1. The van der Waals surface area contributed by atoms with Crippen LogP contribution in [0.25, 0.3) is 5.32 Å². The summed E-state index contributed by atoms with van der Waals surface area (Å²) in [6.07, 6.45) is 3.22.